The molecule has 182 valence electrons. The highest BCUT2D eigenvalue weighted by Crippen LogP contribution is 2.30. The summed E-state index contributed by atoms with van der Waals surface area (Å²) in [4.78, 5) is 26.1. The molecule has 3 heterocycles. The number of thiophene rings is 1. The summed E-state index contributed by atoms with van der Waals surface area (Å²) in [5.74, 6) is -0.153. The molecule has 5 aromatic rings. The Bertz CT molecular complexity index is 1650. The van der Waals surface area contributed by atoms with Gasteiger partial charge in [-0.15, -0.1) is 11.3 Å². The molecule has 0 saturated carbocycles. The van der Waals surface area contributed by atoms with Crippen molar-refractivity contribution < 1.29 is 9.18 Å². The first-order chi connectivity index (χ1) is 17.2. The first-order valence-electron chi connectivity index (χ1n) is 10.9. The van der Waals surface area contributed by atoms with Crippen LogP contribution < -0.4 is 21.9 Å². The second-order valence-electron chi connectivity index (χ2n) is 8.32. The van der Waals surface area contributed by atoms with Crippen LogP contribution in [0.2, 0.25) is 0 Å². The van der Waals surface area contributed by atoms with Gasteiger partial charge in [-0.25, -0.2) is 9.07 Å². The fourth-order valence-electron chi connectivity index (χ4n) is 3.83. The van der Waals surface area contributed by atoms with Crippen molar-refractivity contribution in [1.82, 2.24) is 19.6 Å². The number of aromatic nitrogens is 4. The van der Waals surface area contributed by atoms with Crippen LogP contribution in [0.25, 0.3) is 21.3 Å². The maximum absolute atomic E-state index is 14.9. The highest BCUT2D eigenvalue weighted by Gasteiger charge is 2.17. The summed E-state index contributed by atoms with van der Waals surface area (Å²) in [5.41, 5.74) is 7.26. The molecule has 9 nitrogen and oxygen atoms in total. The monoisotopic (exact) mass is 503 g/mol. The number of halogens is 1. The van der Waals surface area contributed by atoms with Crippen LogP contribution in [0.15, 0.2) is 59.4 Å². The molecule has 0 unspecified atom stereocenters. The lowest BCUT2D eigenvalue weighted by molar-refractivity contribution is 0.103. The molecule has 5 rings (SSSR count). The van der Waals surface area contributed by atoms with Gasteiger partial charge in [0, 0.05) is 30.4 Å². The summed E-state index contributed by atoms with van der Waals surface area (Å²) >= 11 is 1.33. The summed E-state index contributed by atoms with van der Waals surface area (Å²) in [5, 5.41) is 15.1. The molecule has 2 aromatic carbocycles. The fourth-order valence-corrected chi connectivity index (χ4v) is 4.79. The minimum absolute atomic E-state index is 0.0146. The summed E-state index contributed by atoms with van der Waals surface area (Å²) in [6, 6.07) is 15.4. The average molecular weight is 504 g/mol. The first-order valence-corrected chi connectivity index (χ1v) is 11.8. The van der Waals surface area contributed by atoms with Gasteiger partial charge >= 0.3 is 0 Å². The van der Waals surface area contributed by atoms with Crippen molar-refractivity contribution in [3.63, 3.8) is 0 Å². The van der Waals surface area contributed by atoms with E-state index >= 15 is 0 Å². The van der Waals surface area contributed by atoms with Gasteiger partial charge in [0.25, 0.3) is 11.5 Å². The molecule has 0 radical (unpaired) electrons. The summed E-state index contributed by atoms with van der Waals surface area (Å²) in [6.07, 6.45) is 0. The highest BCUT2D eigenvalue weighted by molar-refractivity contribution is 7.20. The Morgan fingerprint density at radius 3 is 2.53 bits per heavy atom. The molecule has 0 aliphatic rings. The van der Waals surface area contributed by atoms with Crippen LogP contribution in [0.3, 0.4) is 0 Å². The number of nitrogens with zero attached hydrogens (tertiary/aromatic N) is 4. The van der Waals surface area contributed by atoms with E-state index in [4.69, 9.17) is 5.73 Å². The molecule has 0 atom stereocenters. The zero-order valence-corrected chi connectivity index (χ0v) is 20.5. The Morgan fingerprint density at radius 2 is 1.81 bits per heavy atom. The van der Waals surface area contributed by atoms with Crippen molar-refractivity contribution in [3.8, 4) is 11.3 Å². The third kappa shape index (κ3) is 4.31. The van der Waals surface area contributed by atoms with Crippen LogP contribution in [0.5, 0.6) is 0 Å². The summed E-state index contributed by atoms with van der Waals surface area (Å²) in [6.45, 7) is 1.73. The van der Waals surface area contributed by atoms with E-state index < -0.39 is 11.7 Å². The van der Waals surface area contributed by atoms with Gasteiger partial charge in [0.15, 0.2) is 5.82 Å². The molecular formula is C25H22FN7O2S. The van der Waals surface area contributed by atoms with Crippen molar-refractivity contribution in [1.29, 1.82) is 0 Å². The standard InChI is InChI=1S/C25H22FN7O2S/c1-13-8-16(26)18(29-24(34)21-9-14-6-4-5-7-20(14)36-21)10-15(13)17-11-19(25(35)33(3)30-17)28-23-12-22(27)32(2)31-23/h4-12H,27H2,1-3H3,(H,28,31)(H,29,34). The van der Waals surface area contributed by atoms with E-state index in [0.29, 0.717) is 33.3 Å². The van der Waals surface area contributed by atoms with Gasteiger partial charge in [-0.1, -0.05) is 18.2 Å². The number of hydrogen-bond donors (Lipinski definition) is 3. The van der Waals surface area contributed by atoms with E-state index in [2.05, 4.69) is 20.8 Å². The van der Waals surface area contributed by atoms with Crippen LogP contribution >= 0.6 is 11.3 Å². The van der Waals surface area contributed by atoms with Crippen molar-refractivity contribution in [2.24, 2.45) is 14.1 Å². The van der Waals surface area contributed by atoms with Crippen molar-refractivity contribution >= 4 is 50.3 Å². The number of fused-ring (bicyclic) bond motifs is 1. The van der Waals surface area contributed by atoms with Crippen LogP contribution in [-0.2, 0) is 14.1 Å². The highest BCUT2D eigenvalue weighted by atomic mass is 32.1. The first kappa shape index (κ1) is 23.2. The molecule has 0 bridgehead atoms. The minimum atomic E-state index is -0.571. The lowest BCUT2D eigenvalue weighted by Crippen LogP contribution is -2.23. The third-order valence-electron chi connectivity index (χ3n) is 5.73. The zero-order chi connectivity index (χ0) is 25.6. The Hall–Kier alpha value is -4.51. The fraction of sp³-hybridized carbons (Fsp3) is 0.120. The molecule has 0 aliphatic heterocycles. The van der Waals surface area contributed by atoms with Gasteiger partial charge in [0.05, 0.1) is 16.3 Å². The molecular weight excluding hydrogens is 481 g/mol. The van der Waals surface area contributed by atoms with E-state index in [1.165, 1.54) is 39.9 Å². The summed E-state index contributed by atoms with van der Waals surface area (Å²) in [7, 11) is 3.21. The number of amides is 1. The number of anilines is 4. The molecule has 0 aliphatic carbocycles. The smallest absolute Gasteiger partial charge is 0.290 e. The second kappa shape index (κ2) is 8.93. The van der Waals surface area contributed by atoms with Gasteiger partial charge < -0.3 is 16.4 Å². The van der Waals surface area contributed by atoms with Crippen molar-refractivity contribution in [2.45, 2.75) is 6.92 Å². The minimum Gasteiger partial charge on any atom is -0.384 e. The lowest BCUT2D eigenvalue weighted by atomic mass is 10.0. The quantitative estimate of drug-likeness (QED) is 0.327. The molecule has 0 fully saturated rings. The van der Waals surface area contributed by atoms with E-state index in [1.807, 2.05) is 24.3 Å². The molecule has 11 heteroatoms. The van der Waals surface area contributed by atoms with Crippen LogP contribution in [0, 0.1) is 12.7 Å². The molecule has 1 amide bonds. The topological polar surface area (TPSA) is 120 Å². The Labute approximate surface area is 209 Å². The Kier molecular flexibility index (Phi) is 5.77. The SMILES string of the molecule is Cc1cc(F)c(NC(=O)c2cc3ccccc3s2)cc1-c1cc(Nc2cc(N)n(C)n2)c(=O)n(C)n1. The number of nitrogens with two attached hydrogens (primary N) is 1. The van der Waals surface area contributed by atoms with Gasteiger partial charge in [-0.3, -0.25) is 14.3 Å². The number of rotatable bonds is 5. The number of carbonyl (C=O) groups excluding carboxylic acids is 1. The van der Waals surface area contributed by atoms with E-state index in [1.54, 1.807) is 32.2 Å². The van der Waals surface area contributed by atoms with Gasteiger partial charge in [0.1, 0.15) is 17.3 Å². The number of hydrogen-bond acceptors (Lipinski definition) is 7. The predicted octanol–water partition coefficient (Wildman–Crippen LogP) is 4.42. The van der Waals surface area contributed by atoms with E-state index in [9.17, 15) is 14.0 Å². The molecule has 0 saturated heterocycles. The molecule has 4 N–H and O–H groups in total. The second-order valence-corrected chi connectivity index (χ2v) is 9.41. The van der Waals surface area contributed by atoms with Crippen LogP contribution in [-0.4, -0.2) is 25.5 Å². The Morgan fingerprint density at radius 1 is 1.03 bits per heavy atom. The van der Waals surface area contributed by atoms with Gasteiger partial charge in [0.2, 0.25) is 0 Å². The number of nitrogen functional groups attached to an aromatic ring is 1. The molecule has 0 spiro atoms. The maximum atomic E-state index is 14.9. The lowest BCUT2D eigenvalue weighted by Gasteiger charge is -2.13. The largest absolute Gasteiger partial charge is 0.384 e. The third-order valence-corrected chi connectivity index (χ3v) is 6.84. The number of carbonyl (C=O) groups is 1. The summed E-state index contributed by atoms with van der Waals surface area (Å²) < 4.78 is 18.5. The van der Waals surface area contributed by atoms with E-state index in [0.717, 1.165) is 10.1 Å². The zero-order valence-electron chi connectivity index (χ0n) is 19.7. The average Bonchev–Trinajstić information content (AvgIpc) is 3.41. The van der Waals surface area contributed by atoms with Gasteiger partial charge in [-0.05, 0) is 48.2 Å². The van der Waals surface area contributed by atoms with E-state index in [-0.39, 0.29) is 16.9 Å². The van der Waals surface area contributed by atoms with Crippen molar-refractivity contribution in [3.05, 3.63) is 81.2 Å². The predicted molar refractivity (Wildman–Crippen MR) is 140 cm³/mol. The Balaban J connectivity index is 1.50. The number of benzene rings is 2. The van der Waals surface area contributed by atoms with Crippen LogP contribution in [0.1, 0.15) is 15.2 Å². The van der Waals surface area contributed by atoms with Crippen LogP contribution in [0.4, 0.5) is 27.4 Å². The number of nitrogens with one attached hydrogen (secondary N) is 2. The normalized spacial score (nSPS) is 11.1. The van der Waals surface area contributed by atoms with Gasteiger partial charge in [-0.2, -0.15) is 10.2 Å². The molecule has 3 aromatic heterocycles. The number of aryl methyl sites for hydroxylation is 3. The van der Waals surface area contributed by atoms with Crippen molar-refractivity contribution in [2.75, 3.05) is 16.4 Å². The maximum Gasteiger partial charge on any atom is 0.290 e. The molecule has 36 heavy (non-hydrogen) atoms.